The molecular formula is C29H33Cl2F4N3O3. The minimum Gasteiger partial charge on any atom is -0.497 e. The van der Waals surface area contributed by atoms with E-state index in [9.17, 15) is 22.4 Å². The van der Waals surface area contributed by atoms with Gasteiger partial charge < -0.3 is 14.4 Å². The van der Waals surface area contributed by atoms with Gasteiger partial charge in [-0.3, -0.25) is 14.7 Å². The SMILES string of the molecule is COc1cc(C(=O)N2CCN(CCCc3cccnc3)C[C@H]2Cc2ccc(F)c(OC)c2)cc(C(F)(F)F)c1.Cl.Cl. The third-order valence-corrected chi connectivity index (χ3v) is 6.89. The molecule has 1 atom stereocenters. The van der Waals surface area contributed by atoms with Crippen LogP contribution in [-0.2, 0) is 19.0 Å². The number of halogens is 6. The summed E-state index contributed by atoms with van der Waals surface area (Å²) in [7, 11) is 2.64. The number of ether oxygens (including phenoxy) is 2. The Morgan fingerprint density at radius 1 is 1.02 bits per heavy atom. The lowest BCUT2D eigenvalue weighted by atomic mass is 9.99. The second kappa shape index (κ2) is 15.2. The minimum atomic E-state index is -4.62. The number of aryl methyl sites for hydroxylation is 1. The number of amides is 1. The molecule has 3 aromatic rings. The number of methoxy groups -OCH3 is 2. The van der Waals surface area contributed by atoms with Crippen LogP contribution < -0.4 is 9.47 Å². The number of benzene rings is 2. The number of rotatable bonds is 9. The maximum Gasteiger partial charge on any atom is 0.416 e. The fourth-order valence-electron chi connectivity index (χ4n) is 4.89. The predicted molar refractivity (Wildman–Crippen MR) is 153 cm³/mol. The highest BCUT2D eigenvalue weighted by molar-refractivity contribution is 5.95. The third-order valence-electron chi connectivity index (χ3n) is 6.89. The van der Waals surface area contributed by atoms with Crippen LogP contribution in [0.5, 0.6) is 11.5 Å². The smallest absolute Gasteiger partial charge is 0.416 e. The van der Waals surface area contributed by atoms with E-state index in [1.165, 1.54) is 26.4 Å². The highest BCUT2D eigenvalue weighted by Gasteiger charge is 2.35. The summed E-state index contributed by atoms with van der Waals surface area (Å²) < 4.78 is 64.7. The molecule has 0 saturated carbocycles. The van der Waals surface area contributed by atoms with Crippen LogP contribution in [0.25, 0.3) is 0 Å². The fraction of sp³-hybridized carbons (Fsp3) is 0.379. The van der Waals surface area contributed by atoms with Crippen molar-refractivity contribution in [3.05, 3.63) is 89.0 Å². The van der Waals surface area contributed by atoms with Gasteiger partial charge in [0.25, 0.3) is 5.91 Å². The second-order valence-electron chi connectivity index (χ2n) is 9.54. The molecule has 4 rings (SSSR count). The van der Waals surface area contributed by atoms with Crippen molar-refractivity contribution in [1.82, 2.24) is 14.8 Å². The van der Waals surface area contributed by atoms with Crippen LogP contribution in [0, 0.1) is 5.82 Å². The summed E-state index contributed by atoms with van der Waals surface area (Å²) in [5, 5.41) is 0. The van der Waals surface area contributed by atoms with E-state index >= 15 is 0 Å². The number of aromatic nitrogens is 1. The number of alkyl halides is 3. The lowest BCUT2D eigenvalue weighted by molar-refractivity contribution is -0.137. The largest absolute Gasteiger partial charge is 0.497 e. The molecule has 1 amide bonds. The fourth-order valence-corrected chi connectivity index (χ4v) is 4.89. The van der Waals surface area contributed by atoms with Gasteiger partial charge in [0.05, 0.1) is 19.8 Å². The molecule has 224 valence electrons. The summed E-state index contributed by atoms with van der Waals surface area (Å²) in [5.41, 5.74) is 0.863. The lowest BCUT2D eigenvalue weighted by Crippen LogP contribution is -2.56. The lowest BCUT2D eigenvalue weighted by Gasteiger charge is -2.42. The number of hydrogen-bond acceptors (Lipinski definition) is 5. The van der Waals surface area contributed by atoms with Crippen molar-refractivity contribution in [1.29, 1.82) is 0 Å². The highest BCUT2D eigenvalue weighted by Crippen LogP contribution is 2.33. The van der Waals surface area contributed by atoms with Crippen LogP contribution in [0.3, 0.4) is 0 Å². The van der Waals surface area contributed by atoms with E-state index in [0.29, 0.717) is 26.1 Å². The van der Waals surface area contributed by atoms with Crippen molar-refractivity contribution in [2.24, 2.45) is 0 Å². The minimum absolute atomic E-state index is 0. The standard InChI is InChI=1S/C29H31F4N3O3.2ClH/c1-38-25-16-22(15-23(17-25)29(31,32)33)28(37)36-12-11-35(10-4-6-20-5-3-9-34-18-20)19-24(36)13-21-7-8-26(30)27(14-21)39-2;;/h3,5,7-9,14-18,24H,4,6,10-13,19H2,1-2H3;2*1H/t24-;;/m1../s1. The molecule has 1 saturated heterocycles. The summed E-state index contributed by atoms with van der Waals surface area (Å²) in [6, 6.07) is 11.2. The van der Waals surface area contributed by atoms with Gasteiger partial charge in [-0.2, -0.15) is 13.2 Å². The van der Waals surface area contributed by atoms with Gasteiger partial charge in [-0.25, -0.2) is 4.39 Å². The number of piperazine rings is 1. The van der Waals surface area contributed by atoms with Gasteiger partial charge in [-0.15, -0.1) is 24.8 Å². The quantitative estimate of drug-likeness (QED) is 0.272. The van der Waals surface area contributed by atoms with E-state index in [1.807, 2.05) is 18.3 Å². The molecule has 0 unspecified atom stereocenters. The van der Waals surface area contributed by atoms with Crippen LogP contribution in [0.1, 0.15) is 33.5 Å². The summed E-state index contributed by atoms with van der Waals surface area (Å²) in [4.78, 5) is 21.6. The van der Waals surface area contributed by atoms with Crippen molar-refractivity contribution in [3.63, 3.8) is 0 Å². The Labute approximate surface area is 249 Å². The highest BCUT2D eigenvalue weighted by atomic mass is 35.5. The van der Waals surface area contributed by atoms with Crippen molar-refractivity contribution >= 4 is 30.7 Å². The molecule has 1 aliphatic rings. The first kappa shape index (κ1) is 34.1. The number of carbonyl (C=O) groups is 1. The Balaban J connectivity index is 0.00000294. The number of nitrogens with zero attached hydrogens (tertiary/aromatic N) is 3. The van der Waals surface area contributed by atoms with Crippen molar-refractivity contribution in [2.75, 3.05) is 40.4 Å². The number of carbonyl (C=O) groups excluding carboxylic acids is 1. The average molecular weight is 618 g/mol. The summed E-state index contributed by atoms with van der Waals surface area (Å²) in [6.07, 6.45) is 1.08. The molecule has 0 N–H and O–H groups in total. The molecule has 6 nitrogen and oxygen atoms in total. The zero-order valence-electron chi connectivity index (χ0n) is 22.7. The van der Waals surface area contributed by atoms with E-state index in [-0.39, 0.29) is 47.9 Å². The first-order valence-corrected chi connectivity index (χ1v) is 12.7. The molecule has 1 aliphatic heterocycles. The maximum atomic E-state index is 14.0. The normalized spacial score (nSPS) is 15.5. The molecule has 0 bridgehead atoms. The van der Waals surface area contributed by atoms with Crippen molar-refractivity contribution < 1.29 is 31.8 Å². The molecule has 2 aromatic carbocycles. The molecule has 0 spiro atoms. The molecular weight excluding hydrogens is 585 g/mol. The van der Waals surface area contributed by atoms with Crippen molar-refractivity contribution in [3.8, 4) is 11.5 Å². The van der Waals surface area contributed by atoms with Gasteiger partial charge in [-0.05, 0) is 73.3 Å². The van der Waals surface area contributed by atoms with Crippen LogP contribution in [0.15, 0.2) is 60.9 Å². The molecule has 2 heterocycles. The van der Waals surface area contributed by atoms with E-state index in [4.69, 9.17) is 9.47 Å². The number of hydrogen-bond donors (Lipinski definition) is 0. The zero-order chi connectivity index (χ0) is 28.0. The first-order valence-electron chi connectivity index (χ1n) is 12.7. The van der Waals surface area contributed by atoms with E-state index < -0.39 is 23.5 Å². The third kappa shape index (κ3) is 8.95. The molecule has 1 aromatic heterocycles. The zero-order valence-corrected chi connectivity index (χ0v) is 24.3. The predicted octanol–water partition coefficient (Wildman–Crippen LogP) is 6.10. The Hall–Kier alpha value is -3.08. The topological polar surface area (TPSA) is 54.9 Å². The molecule has 0 radical (unpaired) electrons. The van der Waals surface area contributed by atoms with Crippen LogP contribution in [0.4, 0.5) is 17.6 Å². The Bertz CT molecular complexity index is 1280. The van der Waals surface area contributed by atoms with Crippen LogP contribution in [0.2, 0.25) is 0 Å². The first-order chi connectivity index (χ1) is 18.7. The Kier molecular flexibility index (Phi) is 12.7. The molecule has 0 aliphatic carbocycles. The second-order valence-corrected chi connectivity index (χ2v) is 9.54. The maximum absolute atomic E-state index is 14.0. The molecule has 12 heteroatoms. The van der Waals surface area contributed by atoms with E-state index in [1.54, 1.807) is 23.2 Å². The van der Waals surface area contributed by atoms with Crippen LogP contribution >= 0.6 is 24.8 Å². The van der Waals surface area contributed by atoms with Gasteiger partial charge in [-0.1, -0.05) is 12.1 Å². The molecule has 41 heavy (non-hydrogen) atoms. The number of pyridine rings is 1. The van der Waals surface area contributed by atoms with Crippen LogP contribution in [-0.4, -0.2) is 67.1 Å². The Morgan fingerprint density at radius 2 is 1.80 bits per heavy atom. The average Bonchev–Trinajstić information content (AvgIpc) is 2.93. The van der Waals surface area contributed by atoms with E-state index in [2.05, 4.69) is 9.88 Å². The summed E-state index contributed by atoms with van der Waals surface area (Å²) in [5.74, 6) is -0.946. The van der Waals surface area contributed by atoms with Gasteiger partial charge in [0, 0.05) is 43.6 Å². The van der Waals surface area contributed by atoms with Gasteiger partial charge in [0.15, 0.2) is 11.6 Å². The summed E-state index contributed by atoms with van der Waals surface area (Å²) >= 11 is 0. The van der Waals surface area contributed by atoms with Gasteiger partial charge in [0.2, 0.25) is 0 Å². The summed E-state index contributed by atoms with van der Waals surface area (Å²) in [6.45, 7) is 2.23. The van der Waals surface area contributed by atoms with Gasteiger partial charge >= 0.3 is 6.18 Å². The monoisotopic (exact) mass is 617 g/mol. The Morgan fingerprint density at radius 3 is 2.46 bits per heavy atom. The van der Waals surface area contributed by atoms with Crippen molar-refractivity contribution in [2.45, 2.75) is 31.5 Å². The molecule has 1 fully saturated rings. The van der Waals surface area contributed by atoms with E-state index in [0.717, 1.165) is 42.6 Å². The van der Waals surface area contributed by atoms with Gasteiger partial charge in [0.1, 0.15) is 5.75 Å².